The van der Waals surface area contributed by atoms with Crippen LogP contribution < -0.4 is 5.32 Å². The highest BCUT2D eigenvalue weighted by molar-refractivity contribution is 6.35. The van der Waals surface area contributed by atoms with Crippen molar-refractivity contribution in [3.8, 4) is 11.3 Å². The molecule has 0 radical (unpaired) electrons. The summed E-state index contributed by atoms with van der Waals surface area (Å²) in [5.74, 6) is 0.0740. The number of allylic oxidation sites excluding steroid dienone is 6. The summed E-state index contributed by atoms with van der Waals surface area (Å²) in [5, 5.41) is 8.93. The Kier molecular flexibility index (Phi) is 19.4. The van der Waals surface area contributed by atoms with Crippen LogP contribution in [-0.2, 0) is 17.6 Å². The second-order valence-corrected chi connectivity index (χ2v) is 10.1. The average Bonchev–Trinajstić information content (AvgIpc) is 3.39. The van der Waals surface area contributed by atoms with Crippen LogP contribution in [0.4, 0.5) is 0 Å². The number of carbonyl (C=O) groups excluding carboxylic acids is 1. The Morgan fingerprint density at radius 3 is 2.33 bits per heavy atom. The van der Waals surface area contributed by atoms with E-state index in [0.717, 1.165) is 49.1 Å². The molecule has 0 atom stereocenters. The maximum absolute atomic E-state index is 12.3. The van der Waals surface area contributed by atoms with E-state index in [1.165, 1.54) is 11.1 Å². The first-order valence-corrected chi connectivity index (χ1v) is 15.4. The summed E-state index contributed by atoms with van der Waals surface area (Å²) < 4.78 is 1.88. The summed E-state index contributed by atoms with van der Waals surface area (Å²) in [6, 6.07) is 11.5. The Hall–Kier alpha value is -3.41. The van der Waals surface area contributed by atoms with Gasteiger partial charge in [-0.05, 0) is 94.0 Å². The van der Waals surface area contributed by atoms with Crippen LogP contribution in [0.2, 0.25) is 10.0 Å². The number of hydrogen-bond acceptors (Lipinski definition) is 3. The summed E-state index contributed by atoms with van der Waals surface area (Å²) in [4.78, 5) is 16.4. The Balaban J connectivity index is 0.00000114. The predicted octanol–water partition coefficient (Wildman–Crippen LogP) is 9.93. The molecule has 1 N–H and O–H groups in total. The summed E-state index contributed by atoms with van der Waals surface area (Å²) in [5.41, 5.74) is 5.10. The molecule has 5 nitrogen and oxygen atoms in total. The van der Waals surface area contributed by atoms with E-state index >= 15 is 0 Å². The Labute approximate surface area is 263 Å². The summed E-state index contributed by atoms with van der Waals surface area (Å²) in [6.45, 7) is 14.3. The SMILES string of the molecule is C=C/C=C/C.CC.CC/C=C(C)/C=C/n1nc(-c2cc(Cl)cc(Cl)c2)cc1CCCC(=O)NCCCc1ccncc1. The molecule has 2 aromatic heterocycles. The summed E-state index contributed by atoms with van der Waals surface area (Å²) >= 11 is 12.4. The lowest BCUT2D eigenvalue weighted by Crippen LogP contribution is -2.24. The fourth-order valence-electron chi connectivity index (χ4n) is 3.89. The van der Waals surface area contributed by atoms with Crippen LogP contribution in [0.25, 0.3) is 17.5 Å². The normalized spacial score (nSPS) is 11.1. The van der Waals surface area contributed by atoms with E-state index in [0.29, 0.717) is 23.0 Å². The number of nitrogens with one attached hydrogen (secondary N) is 1. The monoisotopic (exact) mass is 608 g/mol. The first-order chi connectivity index (χ1) is 20.4. The quantitative estimate of drug-likeness (QED) is 0.155. The van der Waals surface area contributed by atoms with E-state index in [-0.39, 0.29) is 5.91 Å². The minimum Gasteiger partial charge on any atom is -0.356 e. The fraction of sp³-hybridized carbons (Fsp3) is 0.343. The smallest absolute Gasteiger partial charge is 0.220 e. The second-order valence-electron chi connectivity index (χ2n) is 9.22. The molecule has 0 saturated heterocycles. The topological polar surface area (TPSA) is 59.8 Å². The van der Waals surface area contributed by atoms with Gasteiger partial charge in [0.25, 0.3) is 0 Å². The molecule has 7 heteroatoms. The standard InChI is InChI=1S/C28H32Cl2N4O.C5H8.C2H6/c1-3-6-21(2)12-16-34-26(20-27(33-34)23-17-24(29)19-25(30)18-23)8-4-9-28(35)32-13-5-7-22-10-14-31-15-11-22;1-3-5-4-2;1-2/h6,10-12,14-20H,3-5,7-9,13H2,1-2H3,(H,32,35);3-5H,1H2,2H3;1-2H3/b16-12+,21-6+;5-4+;. The van der Waals surface area contributed by atoms with Gasteiger partial charge in [0.2, 0.25) is 5.91 Å². The maximum Gasteiger partial charge on any atom is 0.220 e. The van der Waals surface area contributed by atoms with Gasteiger partial charge in [0.15, 0.2) is 0 Å². The van der Waals surface area contributed by atoms with Crippen molar-refractivity contribution >= 4 is 35.3 Å². The largest absolute Gasteiger partial charge is 0.356 e. The molecule has 3 aromatic rings. The van der Waals surface area contributed by atoms with E-state index in [9.17, 15) is 4.79 Å². The van der Waals surface area contributed by atoms with Crippen LogP contribution >= 0.6 is 23.2 Å². The van der Waals surface area contributed by atoms with E-state index in [4.69, 9.17) is 28.3 Å². The van der Waals surface area contributed by atoms with E-state index in [1.54, 1.807) is 24.5 Å². The molecular formula is C35H46Cl2N4O. The number of rotatable bonds is 13. The molecule has 1 amide bonds. The van der Waals surface area contributed by atoms with Gasteiger partial charge in [-0.3, -0.25) is 9.78 Å². The molecule has 226 valence electrons. The summed E-state index contributed by atoms with van der Waals surface area (Å²) in [7, 11) is 0. The van der Waals surface area contributed by atoms with Crippen LogP contribution in [-0.4, -0.2) is 27.2 Å². The third kappa shape index (κ3) is 15.0. The van der Waals surface area contributed by atoms with Crippen LogP contribution in [0.3, 0.4) is 0 Å². The van der Waals surface area contributed by atoms with Crippen molar-refractivity contribution in [1.82, 2.24) is 20.1 Å². The van der Waals surface area contributed by atoms with Gasteiger partial charge in [0.1, 0.15) is 0 Å². The molecule has 3 rings (SSSR count). The van der Waals surface area contributed by atoms with E-state index in [2.05, 4.69) is 36.8 Å². The second kappa shape index (κ2) is 22.2. The lowest BCUT2D eigenvalue weighted by molar-refractivity contribution is -0.121. The zero-order valence-corrected chi connectivity index (χ0v) is 27.3. The highest BCUT2D eigenvalue weighted by Gasteiger charge is 2.11. The maximum atomic E-state index is 12.3. The molecule has 0 aliphatic rings. The van der Waals surface area contributed by atoms with Gasteiger partial charge in [-0.2, -0.15) is 5.10 Å². The number of carbonyl (C=O) groups is 1. The number of amides is 1. The van der Waals surface area contributed by atoms with E-state index in [1.807, 2.05) is 80.2 Å². The molecule has 0 unspecified atom stereocenters. The molecule has 2 heterocycles. The first kappa shape index (κ1) is 36.6. The van der Waals surface area contributed by atoms with E-state index < -0.39 is 0 Å². The number of halogens is 2. The first-order valence-electron chi connectivity index (χ1n) is 14.6. The van der Waals surface area contributed by atoms with Crippen LogP contribution in [0, 0.1) is 0 Å². The van der Waals surface area contributed by atoms with Crippen molar-refractivity contribution in [3.05, 3.63) is 113 Å². The number of benzene rings is 1. The Morgan fingerprint density at radius 2 is 1.74 bits per heavy atom. The summed E-state index contributed by atoms with van der Waals surface area (Å²) in [6.07, 6.45) is 20.1. The minimum absolute atomic E-state index is 0.0740. The van der Waals surface area contributed by atoms with Gasteiger partial charge in [0.05, 0.1) is 5.69 Å². The van der Waals surface area contributed by atoms with Crippen molar-refractivity contribution in [2.45, 2.75) is 73.1 Å². The van der Waals surface area contributed by atoms with Gasteiger partial charge in [-0.15, -0.1) is 0 Å². The molecule has 0 saturated carbocycles. The number of pyridine rings is 1. The third-order valence-electron chi connectivity index (χ3n) is 5.86. The van der Waals surface area contributed by atoms with Crippen molar-refractivity contribution in [2.24, 2.45) is 0 Å². The van der Waals surface area contributed by atoms with Crippen LogP contribution in [0.5, 0.6) is 0 Å². The van der Waals surface area contributed by atoms with Crippen LogP contribution in [0.1, 0.15) is 71.6 Å². The molecule has 1 aromatic carbocycles. The Bertz CT molecular complexity index is 1270. The van der Waals surface area contributed by atoms with Gasteiger partial charge >= 0.3 is 0 Å². The van der Waals surface area contributed by atoms with Gasteiger partial charge < -0.3 is 5.32 Å². The Morgan fingerprint density at radius 1 is 1.05 bits per heavy atom. The van der Waals surface area contributed by atoms with Crippen molar-refractivity contribution in [3.63, 3.8) is 0 Å². The number of aromatic nitrogens is 3. The zero-order chi connectivity index (χ0) is 31.2. The molecule has 0 fully saturated rings. The number of hydrogen-bond donors (Lipinski definition) is 1. The molecule has 0 spiro atoms. The number of nitrogens with zero attached hydrogens (tertiary/aromatic N) is 3. The number of aryl methyl sites for hydroxylation is 2. The molecule has 0 bridgehead atoms. The molecular weight excluding hydrogens is 563 g/mol. The fourth-order valence-corrected chi connectivity index (χ4v) is 4.42. The predicted molar refractivity (Wildman–Crippen MR) is 182 cm³/mol. The van der Waals surface area contributed by atoms with Gasteiger partial charge in [0, 0.05) is 52.9 Å². The van der Waals surface area contributed by atoms with Gasteiger partial charge in [-0.1, -0.05) is 80.4 Å². The van der Waals surface area contributed by atoms with Gasteiger partial charge in [-0.25, -0.2) is 4.68 Å². The molecule has 0 aliphatic carbocycles. The zero-order valence-electron chi connectivity index (χ0n) is 25.7. The lowest BCUT2D eigenvalue weighted by Gasteiger charge is -2.06. The van der Waals surface area contributed by atoms with Crippen molar-refractivity contribution in [1.29, 1.82) is 0 Å². The van der Waals surface area contributed by atoms with Crippen molar-refractivity contribution < 1.29 is 4.79 Å². The highest BCUT2D eigenvalue weighted by Crippen LogP contribution is 2.27. The van der Waals surface area contributed by atoms with Crippen LogP contribution in [0.15, 0.2) is 91.3 Å². The highest BCUT2D eigenvalue weighted by atomic mass is 35.5. The average molecular weight is 610 g/mol. The molecule has 0 aliphatic heterocycles. The minimum atomic E-state index is 0.0740. The third-order valence-corrected chi connectivity index (χ3v) is 6.29. The van der Waals surface area contributed by atoms with Crippen molar-refractivity contribution in [2.75, 3.05) is 6.54 Å². The lowest BCUT2D eigenvalue weighted by atomic mass is 10.1. The molecule has 42 heavy (non-hydrogen) atoms.